The van der Waals surface area contributed by atoms with Crippen molar-refractivity contribution in [3.05, 3.63) is 29.8 Å². The Morgan fingerprint density at radius 3 is 2.57 bits per heavy atom. The molecule has 1 aromatic rings. The molecule has 118 valence electrons. The molecule has 2 N–H and O–H groups in total. The van der Waals surface area contributed by atoms with Crippen molar-refractivity contribution < 1.29 is 4.39 Å². The first-order chi connectivity index (χ1) is 9.93. The maximum atomic E-state index is 12.9. The third-order valence-electron chi connectivity index (χ3n) is 5.17. The summed E-state index contributed by atoms with van der Waals surface area (Å²) in [6.07, 6.45) is 5.03. The van der Waals surface area contributed by atoms with E-state index in [0.29, 0.717) is 11.3 Å². The molecule has 0 spiro atoms. The van der Waals surface area contributed by atoms with Crippen molar-refractivity contribution >= 4 is 0 Å². The number of hydrogen-bond donors (Lipinski definition) is 1. The molecule has 0 aromatic carbocycles. The maximum Gasteiger partial charge on any atom is 0.141 e. The monoisotopic (exact) mass is 293 g/mol. The highest BCUT2D eigenvalue weighted by atomic mass is 19.1. The standard InChI is InChI=1S/C17H28FN3/c1-4-17(3)7-9-21(10-8-17)12-13(2)16(19)15-6-5-14(18)11-20-15/h5-6,11,13,16H,4,7-10,12,19H2,1-3H3. The van der Waals surface area contributed by atoms with Crippen LogP contribution in [0.15, 0.2) is 18.3 Å². The van der Waals surface area contributed by atoms with Gasteiger partial charge in [0.15, 0.2) is 0 Å². The van der Waals surface area contributed by atoms with Gasteiger partial charge in [0.05, 0.1) is 17.9 Å². The van der Waals surface area contributed by atoms with Gasteiger partial charge in [-0.1, -0.05) is 27.2 Å². The van der Waals surface area contributed by atoms with E-state index in [-0.39, 0.29) is 11.9 Å². The number of nitrogens with two attached hydrogens (primary N) is 1. The average molecular weight is 293 g/mol. The van der Waals surface area contributed by atoms with Crippen molar-refractivity contribution in [1.29, 1.82) is 0 Å². The summed E-state index contributed by atoms with van der Waals surface area (Å²) in [4.78, 5) is 6.62. The molecule has 1 fully saturated rings. The number of rotatable bonds is 5. The van der Waals surface area contributed by atoms with E-state index in [1.165, 1.54) is 31.5 Å². The SMILES string of the molecule is CCC1(C)CCN(CC(C)C(N)c2ccc(F)cn2)CC1. The van der Waals surface area contributed by atoms with Crippen LogP contribution in [0, 0.1) is 17.2 Å². The first-order valence-electron chi connectivity index (χ1n) is 8.03. The van der Waals surface area contributed by atoms with E-state index in [4.69, 9.17) is 5.73 Å². The normalized spacial score (nSPS) is 22.0. The van der Waals surface area contributed by atoms with E-state index in [1.807, 2.05) is 0 Å². The molecule has 1 saturated heterocycles. The quantitative estimate of drug-likeness (QED) is 0.905. The molecule has 2 heterocycles. The van der Waals surface area contributed by atoms with Crippen LogP contribution in [-0.4, -0.2) is 29.5 Å². The van der Waals surface area contributed by atoms with Crippen LogP contribution in [0.1, 0.15) is 51.8 Å². The number of pyridine rings is 1. The molecule has 1 aliphatic heterocycles. The first-order valence-corrected chi connectivity index (χ1v) is 8.03. The Kier molecular flexibility index (Phi) is 5.33. The van der Waals surface area contributed by atoms with Crippen LogP contribution in [0.25, 0.3) is 0 Å². The van der Waals surface area contributed by atoms with Crippen LogP contribution >= 0.6 is 0 Å². The van der Waals surface area contributed by atoms with Gasteiger partial charge in [-0.25, -0.2) is 4.39 Å². The molecule has 3 nitrogen and oxygen atoms in total. The fourth-order valence-corrected chi connectivity index (χ4v) is 3.03. The fourth-order valence-electron chi connectivity index (χ4n) is 3.03. The van der Waals surface area contributed by atoms with Gasteiger partial charge in [0.1, 0.15) is 5.82 Å². The van der Waals surface area contributed by atoms with E-state index >= 15 is 0 Å². The summed E-state index contributed by atoms with van der Waals surface area (Å²) in [5, 5.41) is 0. The minimum atomic E-state index is -0.312. The third-order valence-corrected chi connectivity index (χ3v) is 5.17. The molecule has 1 aromatic heterocycles. The van der Waals surface area contributed by atoms with Gasteiger partial charge < -0.3 is 10.6 Å². The van der Waals surface area contributed by atoms with Crippen molar-refractivity contribution in [2.24, 2.45) is 17.1 Å². The topological polar surface area (TPSA) is 42.1 Å². The minimum absolute atomic E-state index is 0.134. The summed E-state index contributed by atoms with van der Waals surface area (Å²) in [5.74, 6) is 0.00225. The molecule has 0 amide bonds. The second-order valence-electron chi connectivity index (χ2n) is 6.87. The van der Waals surface area contributed by atoms with Crippen molar-refractivity contribution in [2.45, 2.75) is 46.1 Å². The minimum Gasteiger partial charge on any atom is -0.322 e. The van der Waals surface area contributed by atoms with Gasteiger partial charge in [0.25, 0.3) is 0 Å². The Hall–Kier alpha value is -1.00. The second kappa shape index (κ2) is 6.84. The summed E-state index contributed by atoms with van der Waals surface area (Å²) in [7, 11) is 0. The summed E-state index contributed by atoms with van der Waals surface area (Å²) in [5.41, 5.74) is 7.56. The number of halogens is 1. The Balaban J connectivity index is 1.87. The van der Waals surface area contributed by atoms with Gasteiger partial charge in [0, 0.05) is 6.54 Å². The van der Waals surface area contributed by atoms with Crippen LogP contribution in [-0.2, 0) is 0 Å². The zero-order chi connectivity index (χ0) is 15.5. The Morgan fingerprint density at radius 2 is 2.05 bits per heavy atom. The Labute approximate surface area is 127 Å². The van der Waals surface area contributed by atoms with E-state index in [2.05, 4.69) is 30.7 Å². The number of aromatic nitrogens is 1. The highest BCUT2D eigenvalue weighted by Gasteiger charge is 2.29. The van der Waals surface area contributed by atoms with Crippen molar-refractivity contribution in [3.63, 3.8) is 0 Å². The average Bonchev–Trinajstić information content (AvgIpc) is 2.50. The highest BCUT2D eigenvalue weighted by molar-refractivity contribution is 5.10. The molecule has 1 aliphatic rings. The molecule has 0 bridgehead atoms. The van der Waals surface area contributed by atoms with Crippen LogP contribution in [0.2, 0.25) is 0 Å². The lowest BCUT2D eigenvalue weighted by atomic mass is 9.78. The molecule has 21 heavy (non-hydrogen) atoms. The molecule has 0 aliphatic carbocycles. The lowest BCUT2D eigenvalue weighted by Gasteiger charge is -2.40. The maximum absolute atomic E-state index is 12.9. The van der Waals surface area contributed by atoms with E-state index in [9.17, 15) is 4.39 Å². The lowest BCUT2D eigenvalue weighted by Crippen LogP contribution is -2.42. The number of nitrogens with zero attached hydrogens (tertiary/aromatic N) is 2. The van der Waals surface area contributed by atoms with Crippen LogP contribution < -0.4 is 5.73 Å². The van der Waals surface area contributed by atoms with E-state index in [0.717, 1.165) is 25.3 Å². The lowest BCUT2D eigenvalue weighted by molar-refractivity contribution is 0.0994. The number of piperidine rings is 1. The summed E-state index contributed by atoms with van der Waals surface area (Å²) in [6, 6.07) is 2.99. The van der Waals surface area contributed by atoms with Crippen molar-refractivity contribution in [3.8, 4) is 0 Å². The number of hydrogen-bond acceptors (Lipinski definition) is 3. The zero-order valence-corrected chi connectivity index (χ0v) is 13.5. The molecule has 0 radical (unpaired) electrons. The van der Waals surface area contributed by atoms with Crippen LogP contribution in [0.4, 0.5) is 4.39 Å². The molecule has 2 unspecified atom stereocenters. The number of likely N-dealkylation sites (tertiary alicyclic amines) is 1. The van der Waals surface area contributed by atoms with Gasteiger partial charge >= 0.3 is 0 Å². The molecule has 2 atom stereocenters. The summed E-state index contributed by atoms with van der Waals surface area (Å²) >= 11 is 0. The second-order valence-corrected chi connectivity index (χ2v) is 6.87. The van der Waals surface area contributed by atoms with Gasteiger partial charge in [0.2, 0.25) is 0 Å². The molecular weight excluding hydrogens is 265 g/mol. The Bertz CT molecular complexity index is 438. The van der Waals surface area contributed by atoms with E-state index < -0.39 is 0 Å². The smallest absolute Gasteiger partial charge is 0.141 e. The van der Waals surface area contributed by atoms with Gasteiger partial charge in [-0.05, 0) is 49.4 Å². The first kappa shape index (κ1) is 16.4. The summed E-state index contributed by atoms with van der Waals surface area (Å²) in [6.45, 7) is 10.1. The van der Waals surface area contributed by atoms with Gasteiger partial charge in [-0.2, -0.15) is 0 Å². The van der Waals surface area contributed by atoms with E-state index in [1.54, 1.807) is 6.07 Å². The predicted octanol–water partition coefficient (Wildman–Crippen LogP) is 3.37. The fraction of sp³-hybridized carbons (Fsp3) is 0.706. The van der Waals surface area contributed by atoms with Crippen LogP contribution in [0.3, 0.4) is 0 Å². The molecule has 2 rings (SSSR count). The third kappa shape index (κ3) is 4.24. The molecule has 4 heteroatoms. The Morgan fingerprint density at radius 1 is 1.38 bits per heavy atom. The molecule has 0 saturated carbocycles. The van der Waals surface area contributed by atoms with Crippen molar-refractivity contribution in [1.82, 2.24) is 9.88 Å². The molecular formula is C17H28FN3. The summed E-state index contributed by atoms with van der Waals surface area (Å²) < 4.78 is 12.9. The highest BCUT2D eigenvalue weighted by Crippen LogP contribution is 2.34. The zero-order valence-electron chi connectivity index (χ0n) is 13.5. The largest absolute Gasteiger partial charge is 0.322 e. The van der Waals surface area contributed by atoms with Gasteiger partial charge in [-0.3, -0.25) is 4.98 Å². The van der Waals surface area contributed by atoms with Gasteiger partial charge in [-0.15, -0.1) is 0 Å². The van der Waals surface area contributed by atoms with Crippen LogP contribution in [0.5, 0.6) is 0 Å². The van der Waals surface area contributed by atoms with Crippen molar-refractivity contribution in [2.75, 3.05) is 19.6 Å². The predicted molar refractivity (Wildman–Crippen MR) is 84.4 cm³/mol.